The molecule has 0 aliphatic rings. The van der Waals surface area contributed by atoms with Crippen molar-refractivity contribution in [3.8, 4) is 0 Å². The number of carbonyl (C=O) groups excluding carboxylic acids is 1. The molecule has 1 amide bonds. The van der Waals surface area contributed by atoms with Gasteiger partial charge in [-0.2, -0.15) is 0 Å². The lowest BCUT2D eigenvalue weighted by molar-refractivity contribution is 0.102. The van der Waals surface area contributed by atoms with Gasteiger partial charge in [0.2, 0.25) is 0 Å². The number of nitrogen functional groups attached to an aromatic ring is 1. The fraction of sp³-hybridized carbons (Fsp3) is 0. The molecule has 0 unspecified atom stereocenters. The van der Waals surface area contributed by atoms with Gasteiger partial charge in [-0.3, -0.25) is 10.1 Å². The van der Waals surface area contributed by atoms with Gasteiger partial charge in [-0.1, -0.05) is 0 Å². The summed E-state index contributed by atoms with van der Waals surface area (Å²) >= 11 is 1.26. The fourth-order valence-electron chi connectivity index (χ4n) is 1.17. The second-order valence-corrected chi connectivity index (χ2v) is 3.93. The molecule has 2 aromatic rings. The van der Waals surface area contributed by atoms with E-state index in [4.69, 9.17) is 5.73 Å². The van der Waals surface area contributed by atoms with Gasteiger partial charge in [-0.05, 0) is 18.2 Å². The maximum Gasteiger partial charge on any atom is 0.260 e. The smallest absolute Gasteiger partial charge is 0.260 e. The van der Waals surface area contributed by atoms with E-state index >= 15 is 0 Å². The largest absolute Gasteiger partial charge is 0.399 e. The molecule has 6 heteroatoms. The van der Waals surface area contributed by atoms with Crippen molar-refractivity contribution >= 4 is 28.1 Å². The number of hydrogen-bond acceptors (Lipinski definition) is 4. The molecule has 4 nitrogen and oxygen atoms in total. The van der Waals surface area contributed by atoms with Gasteiger partial charge in [0.05, 0.1) is 5.56 Å². The molecule has 0 atom stereocenters. The molecule has 16 heavy (non-hydrogen) atoms. The Morgan fingerprint density at radius 1 is 1.50 bits per heavy atom. The number of aromatic nitrogens is 1. The second-order valence-electron chi connectivity index (χ2n) is 3.03. The van der Waals surface area contributed by atoms with Crippen molar-refractivity contribution in [3.05, 3.63) is 41.2 Å². The van der Waals surface area contributed by atoms with Gasteiger partial charge >= 0.3 is 0 Å². The second kappa shape index (κ2) is 4.28. The number of rotatable bonds is 2. The summed E-state index contributed by atoms with van der Waals surface area (Å²) in [5.41, 5.74) is 5.61. The van der Waals surface area contributed by atoms with E-state index in [1.54, 1.807) is 11.6 Å². The molecule has 2 rings (SSSR count). The number of nitrogens with one attached hydrogen (secondary N) is 1. The molecule has 0 aliphatic carbocycles. The standard InChI is InChI=1S/C10H8FN3OS/c11-8-5-6(12)1-2-7(8)9(15)14-10-13-3-4-16-10/h1-5H,12H2,(H,13,14,15). The molecule has 1 aromatic carbocycles. The van der Waals surface area contributed by atoms with E-state index in [9.17, 15) is 9.18 Å². The predicted octanol–water partition coefficient (Wildman–Crippen LogP) is 2.12. The van der Waals surface area contributed by atoms with Crippen LogP contribution in [-0.2, 0) is 0 Å². The minimum atomic E-state index is -0.644. The first-order valence-corrected chi connectivity index (χ1v) is 5.30. The normalized spacial score (nSPS) is 10.1. The van der Waals surface area contributed by atoms with Crippen LogP contribution in [-0.4, -0.2) is 10.9 Å². The van der Waals surface area contributed by atoms with Gasteiger partial charge in [0.1, 0.15) is 5.82 Å². The van der Waals surface area contributed by atoms with Crippen LogP contribution in [0.2, 0.25) is 0 Å². The van der Waals surface area contributed by atoms with E-state index in [1.165, 1.54) is 23.5 Å². The summed E-state index contributed by atoms with van der Waals surface area (Å²) in [5.74, 6) is -1.18. The van der Waals surface area contributed by atoms with E-state index in [1.807, 2.05) is 0 Å². The Kier molecular flexibility index (Phi) is 2.82. The van der Waals surface area contributed by atoms with Crippen LogP contribution in [0, 0.1) is 5.82 Å². The lowest BCUT2D eigenvalue weighted by atomic mass is 10.2. The van der Waals surface area contributed by atoms with E-state index < -0.39 is 11.7 Å². The fourth-order valence-corrected chi connectivity index (χ4v) is 1.69. The third-order valence-corrected chi connectivity index (χ3v) is 2.58. The summed E-state index contributed by atoms with van der Waals surface area (Å²) in [4.78, 5) is 15.5. The van der Waals surface area contributed by atoms with Crippen LogP contribution >= 0.6 is 11.3 Å². The van der Waals surface area contributed by atoms with Crippen molar-refractivity contribution < 1.29 is 9.18 Å². The van der Waals surface area contributed by atoms with Crippen LogP contribution in [0.5, 0.6) is 0 Å². The minimum absolute atomic E-state index is 0.0515. The van der Waals surface area contributed by atoms with Crippen LogP contribution in [0.4, 0.5) is 15.2 Å². The van der Waals surface area contributed by atoms with E-state index in [2.05, 4.69) is 10.3 Å². The highest BCUT2D eigenvalue weighted by atomic mass is 32.1. The summed E-state index contributed by atoms with van der Waals surface area (Å²) in [6.45, 7) is 0. The Morgan fingerprint density at radius 2 is 2.31 bits per heavy atom. The van der Waals surface area contributed by atoms with Gasteiger partial charge in [-0.25, -0.2) is 9.37 Å². The van der Waals surface area contributed by atoms with Gasteiger partial charge in [0.25, 0.3) is 5.91 Å². The first-order valence-electron chi connectivity index (χ1n) is 4.42. The van der Waals surface area contributed by atoms with E-state index in [0.717, 1.165) is 6.07 Å². The maximum absolute atomic E-state index is 13.4. The highest BCUT2D eigenvalue weighted by molar-refractivity contribution is 7.13. The van der Waals surface area contributed by atoms with Crippen LogP contribution in [0.25, 0.3) is 0 Å². The molecular formula is C10H8FN3OS. The Balaban J connectivity index is 2.21. The van der Waals surface area contributed by atoms with Crippen LogP contribution < -0.4 is 11.1 Å². The van der Waals surface area contributed by atoms with Crippen LogP contribution in [0.3, 0.4) is 0 Å². The average molecular weight is 237 g/mol. The highest BCUT2D eigenvalue weighted by Gasteiger charge is 2.12. The number of amides is 1. The number of carbonyl (C=O) groups is 1. The molecule has 1 aromatic heterocycles. The van der Waals surface area contributed by atoms with Crippen molar-refractivity contribution in [2.45, 2.75) is 0 Å². The lowest BCUT2D eigenvalue weighted by Gasteiger charge is -2.03. The van der Waals surface area contributed by atoms with Crippen LogP contribution in [0.1, 0.15) is 10.4 Å². The summed E-state index contributed by atoms with van der Waals surface area (Å²) in [7, 11) is 0. The minimum Gasteiger partial charge on any atom is -0.399 e. The molecular weight excluding hydrogens is 229 g/mol. The highest BCUT2D eigenvalue weighted by Crippen LogP contribution is 2.15. The third kappa shape index (κ3) is 2.17. The molecule has 82 valence electrons. The summed E-state index contributed by atoms with van der Waals surface area (Å²) in [5, 5.41) is 4.64. The SMILES string of the molecule is Nc1ccc(C(=O)Nc2nccs2)c(F)c1. The Labute approximate surface area is 94.9 Å². The molecule has 0 saturated heterocycles. The number of nitrogens with zero attached hydrogens (tertiary/aromatic N) is 1. The molecule has 3 N–H and O–H groups in total. The van der Waals surface area contributed by atoms with Crippen molar-refractivity contribution in [3.63, 3.8) is 0 Å². The summed E-state index contributed by atoms with van der Waals surface area (Å²) < 4.78 is 13.4. The predicted molar refractivity (Wildman–Crippen MR) is 60.9 cm³/mol. The number of benzene rings is 1. The van der Waals surface area contributed by atoms with Gasteiger partial charge in [0.15, 0.2) is 5.13 Å². The molecule has 0 fully saturated rings. The molecule has 0 saturated carbocycles. The summed E-state index contributed by atoms with van der Waals surface area (Å²) in [6, 6.07) is 3.92. The molecule has 1 heterocycles. The number of thiazole rings is 1. The Hall–Kier alpha value is -1.95. The van der Waals surface area contributed by atoms with Crippen molar-refractivity contribution in [2.75, 3.05) is 11.1 Å². The number of anilines is 2. The topological polar surface area (TPSA) is 68.0 Å². The summed E-state index contributed by atoms with van der Waals surface area (Å²) in [6.07, 6.45) is 1.56. The molecule has 0 bridgehead atoms. The first kappa shape index (κ1) is 10.6. The molecule has 0 radical (unpaired) electrons. The van der Waals surface area contributed by atoms with Crippen LogP contribution in [0.15, 0.2) is 29.8 Å². The third-order valence-electron chi connectivity index (χ3n) is 1.89. The molecule has 0 aliphatic heterocycles. The maximum atomic E-state index is 13.4. The number of halogens is 1. The Bertz CT molecular complexity index is 513. The Morgan fingerprint density at radius 3 is 2.94 bits per heavy atom. The van der Waals surface area contributed by atoms with Crippen molar-refractivity contribution in [2.24, 2.45) is 0 Å². The monoisotopic (exact) mass is 237 g/mol. The quantitative estimate of drug-likeness (QED) is 0.786. The average Bonchev–Trinajstić information content (AvgIpc) is 2.70. The molecule has 0 spiro atoms. The van der Waals surface area contributed by atoms with Gasteiger partial charge in [-0.15, -0.1) is 11.3 Å². The lowest BCUT2D eigenvalue weighted by Crippen LogP contribution is -2.13. The van der Waals surface area contributed by atoms with Gasteiger partial charge < -0.3 is 5.73 Å². The van der Waals surface area contributed by atoms with Crippen molar-refractivity contribution in [1.29, 1.82) is 0 Å². The zero-order chi connectivity index (χ0) is 11.5. The van der Waals surface area contributed by atoms with Crippen molar-refractivity contribution in [1.82, 2.24) is 4.98 Å². The first-order chi connectivity index (χ1) is 7.66. The number of nitrogens with two attached hydrogens (primary N) is 1. The zero-order valence-electron chi connectivity index (χ0n) is 8.11. The zero-order valence-corrected chi connectivity index (χ0v) is 8.92. The van der Waals surface area contributed by atoms with E-state index in [-0.39, 0.29) is 11.3 Å². The van der Waals surface area contributed by atoms with Gasteiger partial charge in [0, 0.05) is 17.3 Å². The van der Waals surface area contributed by atoms with E-state index in [0.29, 0.717) is 5.13 Å². The number of hydrogen-bond donors (Lipinski definition) is 2.